The molecule has 0 fully saturated rings. The third-order valence-electron chi connectivity index (χ3n) is 4.04. The van der Waals surface area contributed by atoms with E-state index in [0.717, 1.165) is 22.4 Å². The van der Waals surface area contributed by atoms with Crippen molar-refractivity contribution < 1.29 is 19.0 Å². The number of ether oxygens (including phenoxy) is 3. The molecule has 0 radical (unpaired) electrons. The molecular weight excluding hydrogens is 330 g/mol. The first-order chi connectivity index (χ1) is 12.4. The topological polar surface area (TPSA) is 56.8 Å². The first-order valence-electron chi connectivity index (χ1n) is 8.26. The van der Waals surface area contributed by atoms with Crippen molar-refractivity contribution in [1.82, 2.24) is 0 Å². The van der Waals surface area contributed by atoms with E-state index in [9.17, 15) is 4.79 Å². The number of benzene rings is 2. The Balaban J connectivity index is 2.23. The van der Waals surface area contributed by atoms with E-state index >= 15 is 0 Å². The second-order valence-corrected chi connectivity index (χ2v) is 6.05. The Bertz CT molecular complexity index is 792. The molecule has 0 spiro atoms. The zero-order valence-corrected chi connectivity index (χ0v) is 16.1. The number of carbonyl (C=O) groups is 1. The van der Waals surface area contributed by atoms with Gasteiger partial charge >= 0.3 is 0 Å². The summed E-state index contributed by atoms with van der Waals surface area (Å²) in [6.07, 6.45) is 3.19. The number of anilines is 1. The zero-order chi connectivity index (χ0) is 19.3. The van der Waals surface area contributed by atoms with Crippen molar-refractivity contribution in [3.8, 4) is 17.2 Å². The maximum absolute atomic E-state index is 12.3. The van der Waals surface area contributed by atoms with Gasteiger partial charge in [-0.15, -0.1) is 0 Å². The molecular formula is C21H25NO4. The van der Waals surface area contributed by atoms with Gasteiger partial charge < -0.3 is 19.5 Å². The third-order valence-corrected chi connectivity index (χ3v) is 4.04. The number of rotatable bonds is 6. The van der Waals surface area contributed by atoms with Crippen molar-refractivity contribution in [2.75, 3.05) is 26.6 Å². The number of amides is 1. The van der Waals surface area contributed by atoms with Crippen LogP contribution in [0.4, 0.5) is 5.69 Å². The molecule has 2 rings (SSSR count). The summed E-state index contributed by atoms with van der Waals surface area (Å²) in [5, 5.41) is 2.94. The molecule has 0 saturated carbocycles. The molecule has 0 aliphatic rings. The fourth-order valence-corrected chi connectivity index (χ4v) is 2.91. The second kappa shape index (κ2) is 8.43. The van der Waals surface area contributed by atoms with E-state index in [1.54, 1.807) is 39.5 Å². The Kier molecular flexibility index (Phi) is 6.28. The van der Waals surface area contributed by atoms with Crippen molar-refractivity contribution in [2.24, 2.45) is 0 Å². The normalized spacial score (nSPS) is 10.7. The molecule has 1 amide bonds. The van der Waals surface area contributed by atoms with Crippen molar-refractivity contribution >= 4 is 17.7 Å². The van der Waals surface area contributed by atoms with Crippen LogP contribution < -0.4 is 19.5 Å². The van der Waals surface area contributed by atoms with Gasteiger partial charge in [-0.3, -0.25) is 4.79 Å². The fraction of sp³-hybridized carbons (Fsp3) is 0.286. The van der Waals surface area contributed by atoms with Gasteiger partial charge in [0.15, 0.2) is 11.5 Å². The van der Waals surface area contributed by atoms with Gasteiger partial charge in [0, 0.05) is 11.8 Å². The van der Waals surface area contributed by atoms with Crippen LogP contribution in [0.25, 0.3) is 6.08 Å². The highest BCUT2D eigenvalue weighted by molar-refractivity contribution is 6.02. The number of nitrogens with one attached hydrogen (secondary N) is 1. The molecule has 5 nitrogen and oxygen atoms in total. The highest BCUT2D eigenvalue weighted by Crippen LogP contribution is 2.38. The Morgan fingerprint density at radius 3 is 1.88 bits per heavy atom. The first kappa shape index (κ1) is 19.4. The Morgan fingerprint density at radius 1 is 0.885 bits per heavy atom. The zero-order valence-electron chi connectivity index (χ0n) is 16.1. The minimum Gasteiger partial charge on any atom is -0.493 e. The van der Waals surface area contributed by atoms with E-state index in [-0.39, 0.29) is 5.91 Å². The SMILES string of the molecule is COc1cc(C=CC(=O)Nc2c(C)cc(C)cc2C)cc(OC)c1OC. The van der Waals surface area contributed by atoms with Crippen LogP contribution in [0.15, 0.2) is 30.3 Å². The molecule has 0 heterocycles. The first-order valence-corrected chi connectivity index (χ1v) is 8.26. The summed E-state index contributed by atoms with van der Waals surface area (Å²) in [6, 6.07) is 7.66. The minimum absolute atomic E-state index is 0.200. The number of hydrogen-bond donors (Lipinski definition) is 1. The van der Waals surface area contributed by atoms with Gasteiger partial charge in [-0.05, 0) is 55.7 Å². The van der Waals surface area contributed by atoms with E-state index in [4.69, 9.17) is 14.2 Å². The third kappa shape index (κ3) is 4.36. The summed E-state index contributed by atoms with van der Waals surface area (Å²) in [6.45, 7) is 6.01. The van der Waals surface area contributed by atoms with Gasteiger partial charge in [0.05, 0.1) is 21.3 Å². The van der Waals surface area contributed by atoms with Crippen molar-refractivity contribution in [3.05, 3.63) is 52.6 Å². The molecule has 0 bridgehead atoms. The summed E-state index contributed by atoms with van der Waals surface area (Å²) >= 11 is 0. The van der Waals surface area contributed by atoms with Gasteiger partial charge in [-0.2, -0.15) is 0 Å². The average molecular weight is 355 g/mol. The molecule has 2 aromatic rings. The van der Waals surface area contributed by atoms with Crippen LogP contribution in [0.5, 0.6) is 17.2 Å². The number of carbonyl (C=O) groups excluding carboxylic acids is 1. The maximum Gasteiger partial charge on any atom is 0.248 e. The average Bonchev–Trinajstić information content (AvgIpc) is 2.61. The summed E-state index contributed by atoms with van der Waals surface area (Å²) in [5.41, 5.74) is 4.86. The number of methoxy groups -OCH3 is 3. The molecule has 2 aromatic carbocycles. The largest absolute Gasteiger partial charge is 0.493 e. The summed E-state index contributed by atoms with van der Waals surface area (Å²) in [5.74, 6) is 1.39. The van der Waals surface area contributed by atoms with Gasteiger partial charge in [-0.25, -0.2) is 0 Å². The summed E-state index contributed by atoms with van der Waals surface area (Å²) in [7, 11) is 4.66. The molecule has 0 aliphatic heterocycles. The van der Waals surface area contributed by atoms with Crippen LogP contribution in [0, 0.1) is 20.8 Å². The molecule has 26 heavy (non-hydrogen) atoms. The highest BCUT2D eigenvalue weighted by atomic mass is 16.5. The Hall–Kier alpha value is -2.95. The smallest absolute Gasteiger partial charge is 0.248 e. The molecule has 0 atom stereocenters. The lowest BCUT2D eigenvalue weighted by molar-refractivity contribution is -0.111. The van der Waals surface area contributed by atoms with Crippen molar-refractivity contribution in [2.45, 2.75) is 20.8 Å². The molecule has 0 aromatic heterocycles. The molecule has 1 N–H and O–H groups in total. The van der Waals surface area contributed by atoms with Crippen LogP contribution in [0.1, 0.15) is 22.3 Å². The molecule has 138 valence electrons. The quantitative estimate of drug-likeness (QED) is 0.786. The van der Waals surface area contributed by atoms with Crippen LogP contribution in [-0.2, 0) is 4.79 Å². The monoisotopic (exact) mass is 355 g/mol. The van der Waals surface area contributed by atoms with E-state index in [1.165, 1.54) is 11.6 Å². The van der Waals surface area contributed by atoms with Crippen LogP contribution in [-0.4, -0.2) is 27.2 Å². The van der Waals surface area contributed by atoms with E-state index < -0.39 is 0 Å². The van der Waals surface area contributed by atoms with E-state index in [2.05, 4.69) is 5.32 Å². The molecule has 0 unspecified atom stereocenters. The Morgan fingerprint density at radius 2 is 1.42 bits per heavy atom. The predicted octanol–water partition coefficient (Wildman–Crippen LogP) is 4.29. The second-order valence-electron chi connectivity index (χ2n) is 6.05. The van der Waals surface area contributed by atoms with Crippen LogP contribution in [0.2, 0.25) is 0 Å². The van der Waals surface area contributed by atoms with Crippen molar-refractivity contribution in [3.63, 3.8) is 0 Å². The predicted molar refractivity (Wildman–Crippen MR) is 104 cm³/mol. The standard InChI is InChI=1S/C21H25NO4/c1-13-9-14(2)20(15(3)10-13)22-19(23)8-7-16-11-17(24-4)21(26-6)18(12-16)25-5/h7-12H,1-6H3,(H,22,23). The maximum atomic E-state index is 12.3. The summed E-state index contributed by atoms with van der Waals surface area (Å²) in [4.78, 5) is 12.3. The lowest BCUT2D eigenvalue weighted by Gasteiger charge is -2.13. The molecule has 0 saturated heterocycles. The van der Waals surface area contributed by atoms with Gasteiger partial charge in [0.25, 0.3) is 0 Å². The van der Waals surface area contributed by atoms with E-state index in [1.807, 2.05) is 32.9 Å². The molecule has 0 aliphatic carbocycles. The molecule has 5 heteroatoms. The van der Waals surface area contributed by atoms with Crippen molar-refractivity contribution in [1.29, 1.82) is 0 Å². The van der Waals surface area contributed by atoms with Gasteiger partial charge in [-0.1, -0.05) is 17.7 Å². The number of aryl methyl sites for hydroxylation is 3. The van der Waals surface area contributed by atoms with Gasteiger partial charge in [0.2, 0.25) is 11.7 Å². The van der Waals surface area contributed by atoms with Gasteiger partial charge in [0.1, 0.15) is 0 Å². The lowest BCUT2D eigenvalue weighted by Crippen LogP contribution is -2.10. The minimum atomic E-state index is -0.200. The Labute approximate surface area is 154 Å². The lowest BCUT2D eigenvalue weighted by atomic mass is 10.1. The fourth-order valence-electron chi connectivity index (χ4n) is 2.91. The highest BCUT2D eigenvalue weighted by Gasteiger charge is 2.12. The number of hydrogen-bond acceptors (Lipinski definition) is 4. The van der Waals surface area contributed by atoms with Crippen LogP contribution in [0.3, 0.4) is 0 Å². The van der Waals surface area contributed by atoms with E-state index in [0.29, 0.717) is 17.2 Å². The van der Waals surface area contributed by atoms with Crippen LogP contribution >= 0.6 is 0 Å². The summed E-state index contributed by atoms with van der Waals surface area (Å²) < 4.78 is 16.0.